The minimum absolute atomic E-state index is 0.105. The number of nitrogens with one attached hydrogen (secondary N) is 1. The molecule has 0 heterocycles. The lowest BCUT2D eigenvalue weighted by Gasteiger charge is -2.15. The molecule has 0 aliphatic rings. The average molecular weight is 579 g/mol. The lowest BCUT2D eigenvalue weighted by Crippen LogP contribution is -2.40. The lowest BCUT2D eigenvalue weighted by molar-refractivity contribution is -0.147. The normalized spacial score (nSPS) is 13.0. The maximum atomic E-state index is 12.5. The minimum Gasteiger partial charge on any atom is -0.480 e. The SMILES string of the molecule is CCCC/C=C\CCCCCCCC(=O)OC(/C=C\CCCCC)CCCCCCC(=O)NC(CCCN)C(=O)O. The van der Waals surface area contributed by atoms with Gasteiger partial charge in [0, 0.05) is 12.8 Å². The Hall–Kier alpha value is -2.15. The number of hydrogen-bond acceptors (Lipinski definition) is 5. The molecule has 4 N–H and O–H groups in total. The predicted octanol–water partition coefficient (Wildman–Crippen LogP) is 8.16. The van der Waals surface area contributed by atoms with Gasteiger partial charge in [0.2, 0.25) is 5.91 Å². The first-order valence-corrected chi connectivity index (χ1v) is 16.7. The van der Waals surface area contributed by atoms with Crippen LogP contribution in [0.15, 0.2) is 24.3 Å². The van der Waals surface area contributed by atoms with Gasteiger partial charge < -0.3 is 20.9 Å². The Morgan fingerprint density at radius 2 is 1.29 bits per heavy atom. The molecule has 41 heavy (non-hydrogen) atoms. The van der Waals surface area contributed by atoms with Crippen LogP contribution in [0.25, 0.3) is 0 Å². The molecule has 2 unspecified atom stereocenters. The Morgan fingerprint density at radius 3 is 1.98 bits per heavy atom. The first-order valence-electron chi connectivity index (χ1n) is 16.7. The largest absolute Gasteiger partial charge is 0.480 e. The number of amides is 1. The van der Waals surface area contributed by atoms with Crippen LogP contribution < -0.4 is 11.1 Å². The summed E-state index contributed by atoms with van der Waals surface area (Å²) in [6, 6.07) is -0.867. The highest BCUT2D eigenvalue weighted by Gasteiger charge is 2.18. The Kier molecular flexibility index (Phi) is 27.8. The number of carbonyl (C=O) groups excluding carboxylic acids is 2. The van der Waals surface area contributed by atoms with Gasteiger partial charge in [0.15, 0.2) is 0 Å². The van der Waals surface area contributed by atoms with E-state index in [1.54, 1.807) is 0 Å². The van der Waals surface area contributed by atoms with Crippen molar-refractivity contribution in [3.8, 4) is 0 Å². The number of ether oxygens (including phenoxy) is 1. The van der Waals surface area contributed by atoms with Crippen LogP contribution in [0, 0.1) is 0 Å². The van der Waals surface area contributed by atoms with Gasteiger partial charge in [-0.15, -0.1) is 0 Å². The molecule has 2 atom stereocenters. The van der Waals surface area contributed by atoms with Gasteiger partial charge in [-0.25, -0.2) is 4.79 Å². The zero-order chi connectivity index (χ0) is 30.4. The van der Waals surface area contributed by atoms with E-state index in [0.717, 1.165) is 57.8 Å². The molecule has 0 saturated heterocycles. The number of allylic oxidation sites excluding steroid dienone is 3. The number of nitrogens with two attached hydrogens (primary N) is 1. The fourth-order valence-corrected chi connectivity index (χ4v) is 4.63. The van der Waals surface area contributed by atoms with Crippen LogP contribution in [0.2, 0.25) is 0 Å². The molecule has 0 bridgehead atoms. The van der Waals surface area contributed by atoms with Crippen molar-refractivity contribution in [1.29, 1.82) is 0 Å². The topological polar surface area (TPSA) is 119 Å². The molecule has 0 saturated carbocycles. The van der Waals surface area contributed by atoms with Gasteiger partial charge in [-0.1, -0.05) is 89.9 Å². The molecule has 7 heteroatoms. The van der Waals surface area contributed by atoms with E-state index in [0.29, 0.717) is 38.6 Å². The fraction of sp³-hybridized carbons (Fsp3) is 0.794. The summed E-state index contributed by atoms with van der Waals surface area (Å²) in [7, 11) is 0. The number of rotatable bonds is 29. The average Bonchev–Trinajstić information content (AvgIpc) is 2.95. The van der Waals surface area contributed by atoms with Crippen molar-refractivity contribution in [1.82, 2.24) is 5.32 Å². The van der Waals surface area contributed by atoms with Crippen LogP contribution in [0.3, 0.4) is 0 Å². The van der Waals surface area contributed by atoms with Crippen molar-refractivity contribution in [2.75, 3.05) is 6.54 Å². The third-order valence-corrected chi connectivity index (χ3v) is 7.22. The fourth-order valence-electron chi connectivity index (χ4n) is 4.63. The van der Waals surface area contributed by atoms with Crippen molar-refractivity contribution < 1.29 is 24.2 Å². The minimum atomic E-state index is -1.02. The number of unbranched alkanes of at least 4 members (excludes halogenated alkanes) is 13. The number of carbonyl (C=O) groups is 3. The van der Waals surface area contributed by atoms with Crippen molar-refractivity contribution >= 4 is 17.8 Å². The van der Waals surface area contributed by atoms with Crippen LogP contribution >= 0.6 is 0 Å². The van der Waals surface area contributed by atoms with Crippen LogP contribution in [0.5, 0.6) is 0 Å². The van der Waals surface area contributed by atoms with E-state index < -0.39 is 12.0 Å². The second-order valence-electron chi connectivity index (χ2n) is 11.2. The van der Waals surface area contributed by atoms with E-state index in [4.69, 9.17) is 10.5 Å². The van der Waals surface area contributed by atoms with Gasteiger partial charge in [0.1, 0.15) is 12.1 Å². The van der Waals surface area contributed by atoms with Crippen LogP contribution in [0.4, 0.5) is 0 Å². The number of carboxylic acids is 1. The maximum absolute atomic E-state index is 12.5. The molecule has 0 aliphatic heterocycles. The van der Waals surface area contributed by atoms with E-state index in [9.17, 15) is 19.5 Å². The van der Waals surface area contributed by atoms with E-state index in [1.807, 2.05) is 0 Å². The number of aliphatic carboxylic acids is 1. The van der Waals surface area contributed by atoms with Crippen LogP contribution in [-0.2, 0) is 19.1 Å². The number of carboxylic acid groups (broad SMARTS) is 1. The second kappa shape index (κ2) is 29.3. The molecule has 0 aromatic carbocycles. The molecular formula is C34H62N2O5. The van der Waals surface area contributed by atoms with E-state index >= 15 is 0 Å². The molecule has 0 rings (SSSR count). The van der Waals surface area contributed by atoms with Gasteiger partial charge >= 0.3 is 11.9 Å². The van der Waals surface area contributed by atoms with Crippen molar-refractivity contribution in [3.05, 3.63) is 24.3 Å². The summed E-state index contributed by atoms with van der Waals surface area (Å²) in [5, 5.41) is 11.8. The summed E-state index contributed by atoms with van der Waals surface area (Å²) < 4.78 is 5.83. The standard InChI is InChI=1S/C34H62N2O5/c1-3-5-7-9-10-11-12-13-14-16-22-28-33(38)41-30(24-19-15-8-6-4-2)25-20-17-18-21-27-32(37)36-31(34(39)40)26-23-29-35/h9-10,19,24,30-31H,3-8,11-18,20-23,25-29,35H2,1-2H3,(H,36,37)(H,39,40)/b10-9-,24-19-. The van der Waals surface area contributed by atoms with Crippen molar-refractivity contribution in [3.63, 3.8) is 0 Å². The molecule has 0 spiro atoms. The zero-order valence-electron chi connectivity index (χ0n) is 26.4. The van der Waals surface area contributed by atoms with E-state index in [1.165, 1.54) is 51.4 Å². The quantitative estimate of drug-likeness (QED) is 0.0468. The molecule has 1 amide bonds. The summed E-state index contributed by atoms with van der Waals surface area (Å²) in [4.78, 5) is 35.9. The Morgan fingerprint density at radius 1 is 0.707 bits per heavy atom. The monoisotopic (exact) mass is 578 g/mol. The van der Waals surface area contributed by atoms with Gasteiger partial charge in [0.25, 0.3) is 0 Å². The number of esters is 1. The highest BCUT2D eigenvalue weighted by atomic mass is 16.5. The van der Waals surface area contributed by atoms with Crippen molar-refractivity contribution in [2.45, 2.75) is 167 Å². The lowest BCUT2D eigenvalue weighted by atomic mass is 10.1. The Bertz CT molecular complexity index is 707. The van der Waals surface area contributed by atoms with E-state index in [2.05, 4.69) is 43.5 Å². The zero-order valence-corrected chi connectivity index (χ0v) is 26.4. The molecule has 0 radical (unpaired) electrons. The highest BCUT2D eigenvalue weighted by molar-refractivity contribution is 5.83. The van der Waals surface area contributed by atoms with Gasteiger partial charge in [-0.2, -0.15) is 0 Å². The van der Waals surface area contributed by atoms with Gasteiger partial charge in [0.05, 0.1) is 0 Å². The Labute approximate surface area is 251 Å². The summed E-state index contributed by atoms with van der Waals surface area (Å²) in [5.74, 6) is -1.35. The van der Waals surface area contributed by atoms with Gasteiger partial charge in [-0.3, -0.25) is 9.59 Å². The molecule has 0 fully saturated rings. The highest BCUT2D eigenvalue weighted by Crippen LogP contribution is 2.15. The summed E-state index contributed by atoms with van der Waals surface area (Å²) in [6.07, 6.45) is 29.6. The molecular weight excluding hydrogens is 516 g/mol. The summed E-state index contributed by atoms with van der Waals surface area (Å²) >= 11 is 0. The number of hydrogen-bond donors (Lipinski definition) is 3. The summed E-state index contributed by atoms with van der Waals surface area (Å²) in [6.45, 7) is 4.81. The first-order chi connectivity index (χ1) is 19.9. The van der Waals surface area contributed by atoms with Gasteiger partial charge in [-0.05, 0) is 83.2 Å². The molecule has 0 aromatic heterocycles. The van der Waals surface area contributed by atoms with E-state index in [-0.39, 0.29) is 18.0 Å². The van der Waals surface area contributed by atoms with Crippen LogP contribution in [0.1, 0.15) is 155 Å². The third-order valence-electron chi connectivity index (χ3n) is 7.22. The first kappa shape index (κ1) is 38.9. The molecule has 0 aromatic rings. The smallest absolute Gasteiger partial charge is 0.326 e. The Balaban J connectivity index is 4.25. The van der Waals surface area contributed by atoms with Crippen LogP contribution in [-0.4, -0.2) is 41.6 Å². The third kappa shape index (κ3) is 26.5. The maximum Gasteiger partial charge on any atom is 0.326 e. The molecule has 0 aliphatic carbocycles. The summed E-state index contributed by atoms with van der Waals surface area (Å²) in [5.41, 5.74) is 5.45. The molecule has 238 valence electrons. The van der Waals surface area contributed by atoms with Crippen molar-refractivity contribution in [2.24, 2.45) is 5.73 Å². The second-order valence-corrected chi connectivity index (χ2v) is 11.2. The predicted molar refractivity (Wildman–Crippen MR) is 170 cm³/mol. The molecule has 7 nitrogen and oxygen atoms in total.